The predicted octanol–water partition coefficient (Wildman–Crippen LogP) is 3.55. The normalized spacial score (nSPS) is 16.9. The fourth-order valence-electron chi connectivity index (χ4n) is 3.36. The van der Waals surface area contributed by atoms with Gasteiger partial charge in [0.2, 0.25) is 5.88 Å². The van der Waals surface area contributed by atoms with E-state index in [1.807, 2.05) is 43.7 Å². The smallest absolute Gasteiger partial charge is 0.213 e. The van der Waals surface area contributed by atoms with Crippen molar-refractivity contribution in [3.8, 4) is 28.4 Å². The van der Waals surface area contributed by atoms with Gasteiger partial charge in [0.1, 0.15) is 0 Å². The average molecular weight is 334 g/mol. The van der Waals surface area contributed by atoms with Crippen LogP contribution in [0.15, 0.2) is 55.0 Å². The summed E-state index contributed by atoms with van der Waals surface area (Å²) in [5.41, 5.74) is 4.30. The van der Waals surface area contributed by atoms with Crippen LogP contribution in [0, 0.1) is 0 Å². The Morgan fingerprint density at radius 3 is 2.68 bits per heavy atom. The maximum atomic E-state index is 5.48. The van der Waals surface area contributed by atoms with Crippen molar-refractivity contribution in [1.29, 1.82) is 0 Å². The van der Waals surface area contributed by atoms with Gasteiger partial charge >= 0.3 is 0 Å². The van der Waals surface area contributed by atoms with Crippen LogP contribution >= 0.6 is 0 Å². The summed E-state index contributed by atoms with van der Waals surface area (Å²) < 4.78 is 7.77. The average Bonchev–Trinajstić information content (AvgIpc) is 3.33. The summed E-state index contributed by atoms with van der Waals surface area (Å²) in [5, 5.41) is 3.44. The van der Waals surface area contributed by atoms with Crippen molar-refractivity contribution in [3.05, 3.63) is 55.0 Å². The van der Waals surface area contributed by atoms with Crippen LogP contribution in [0.1, 0.15) is 19.4 Å². The molecule has 3 aromatic rings. The van der Waals surface area contributed by atoms with Crippen LogP contribution in [0.4, 0.5) is 0 Å². The lowest BCUT2D eigenvalue weighted by atomic mass is 10.1. The third-order valence-corrected chi connectivity index (χ3v) is 4.57. The molecule has 5 nitrogen and oxygen atoms in total. The molecule has 0 spiro atoms. The van der Waals surface area contributed by atoms with Gasteiger partial charge in [0.05, 0.1) is 24.3 Å². The monoisotopic (exact) mass is 334 g/mol. The van der Waals surface area contributed by atoms with Crippen molar-refractivity contribution in [2.75, 3.05) is 19.7 Å². The number of nitrogens with zero attached hydrogens (tertiary/aromatic N) is 3. The number of aromatic nitrogens is 3. The second-order valence-corrected chi connectivity index (χ2v) is 6.18. The molecule has 0 unspecified atom stereocenters. The number of imidazole rings is 1. The number of pyridine rings is 1. The van der Waals surface area contributed by atoms with Gasteiger partial charge in [0, 0.05) is 36.0 Å². The molecule has 0 aliphatic carbocycles. The Morgan fingerprint density at radius 1 is 1.12 bits per heavy atom. The van der Waals surface area contributed by atoms with Crippen LogP contribution in [0.25, 0.3) is 22.5 Å². The summed E-state index contributed by atoms with van der Waals surface area (Å²) in [6.45, 7) is 4.60. The number of hydrogen-bond acceptors (Lipinski definition) is 4. The predicted molar refractivity (Wildman–Crippen MR) is 98.6 cm³/mol. The molecule has 1 aliphatic rings. The lowest BCUT2D eigenvalue weighted by molar-refractivity contribution is 0.327. The highest BCUT2D eigenvalue weighted by molar-refractivity contribution is 5.78. The molecule has 1 N–H and O–H groups in total. The molecular formula is C20H22N4O. The molecule has 0 amide bonds. The van der Waals surface area contributed by atoms with E-state index < -0.39 is 0 Å². The molecule has 0 radical (unpaired) electrons. The zero-order valence-corrected chi connectivity index (χ0v) is 14.4. The minimum Gasteiger partial charge on any atom is -0.478 e. The topological polar surface area (TPSA) is 52.0 Å². The Bertz CT molecular complexity index is 821. The first-order valence-electron chi connectivity index (χ1n) is 8.79. The van der Waals surface area contributed by atoms with E-state index in [-0.39, 0.29) is 0 Å². The standard InChI is InChI=1S/C20H22N4O/c1-2-25-18-9-8-16(12-22-18)20-19(15-6-4-3-5-7-15)23-14-24(20)17-10-11-21-13-17/h3-9,12,14,17,21H,2,10-11,13H2,1H3/t17-/m1/s1. The Morgan fingerprint density at radius 2 is 2.00 bits per heavy atom. The minimum absolute atomic E-state index is 0.423. The summed E-state index contributed by atoms with van der Waals surface area (Å²) in [4.78, 5) is 9.19. The van der Waals surface area contributed by atoms with Gasteiger partial charge in [-0.25, -0.2) is 9.97 Å². The second kappa shape index (κ2) is 7.07. The van der Waals surface area contributed by atoms with Crippen LogP contribution in [0.2, 0.25) is 0 Å². The maximum absolute atomic E-state index is 5.48. The van der Waals surface area contributed by atoms with Crippen LogP contribution in [-0.2, 0) is 0 Å². The first kappa shape index (κ1) is 15.8. The summed E-state index contributed by atoms with van der Waals surface area (Å²) in [5.74, 6) is 0.654. The van der Waals surface area contributed by atoms with E-state index in [9.17, 15) is 0 Å². The van der Waals surface area contributed by atoms with Gasteiger partial charge in [-0.2, -0.15) is 0 Å². The number of hydrogen-bond donors (Lipinski definition) is 1. The highest BCUT2D eigenvalue weighted by Crippen LogP contribution is 2.34. The molecule has 1 atom stereocenters. The molecule has 0 saturated carbocycles. The second-order valence-electron chi connectivity index (χ2n) is 6.18. The van der Waals surface area contributed by atoms with Crippen molar-refractivity contribution < 1.29 is 4.74 Å². The van der Waals surface area contributed by atoms with E-state index in [1.165, 1.54) is 0 Å². The highest BCUT2D eigenvalue weighted by Gasteiger charge is 2.23. The van der Waals surface area contributed by atoms with Gasteiger partial charge in [-0.15, -0.1) is 0 Å². The van der Waals surface area contributed by atoms with Crippen LogP contribution in [0.5, 0.6) is 5.88 Å². The number of rotatable bonds is 5. The summed E-state index contributed by atoms with van der Waals surface area (Å²) in [6, 6.07) is 14.7. The van der Waals surface area contributed by atoms with E-state index in [1.54, 1.807) is 0 Å². The van der Waals surface area contributed by atoms with Gasteiger partial charge < -0.3 is 14.6 Å². The lowest BCUT2D eigenvalue weighted by Gasteiger charge is -2.16. The van der Waals surface area contributed by atoms with Gasteiger partial charge in [0.25, 0.3) is 0 Å². The molecule has 1 aromatic carbocycles. The van der Waals surface area contributed by atoms with E-state index in [4.69, 9.17) is 9.72 Å². The zero-order valence-electron chi connectivity index (χ0n) is 14.4. The van der Waals surface area contributed by atoms with Gasteiger partial charge in [-0.05, 0) is 26.0 Å². The summed E-state index contributed by atoms with van der Waals surface area (Å²) in [6.07, 6.45) is 4.96. The van der Waals surface area contributed by atoms with Crippen molar-refractivity contribution in [3.63, 3.8) is 0 Å². The third kappa shape index (κ3) is 3.15. The van der Waals surface area contributed by atoms with E-state index in [0.29, 0.717) is 18.5 Å². The molecule has 0 bridgehead atoms. The molecular weight excluding hydrogens is 312 g/mol. The Hall–Kier alpha value is -2.66. The molecule has 3 heterocycles. The number of benzene rings is 1. The molecule has 1 aliphatic heterocycles. The molecule has 2 aromatic heterocycles. The fourth-order valence-corrected chi connectivity index (χ4v) is 3.36. The number of nitrogens with one attached hydrogen (secondary N) is 1. The third-order valence-electron chi connectivity index (χ3n) is 4.57. The van der Waals surface area contributed by atoms with Crippen LogP contribution < -0.4 is 10.1 Å². The molecule has 128 valence electrons. The highest BCUT2D eigenvalue weighted by atomic mass is 16.5. The molecule has 1 saturated heterocycles. The van der Waals surface area contributed by atoms with E-state index >= 15 is 0 Å². The fraction of sp³-hybridized carbons (Fsp3) is 0.300. The van der Waals surface area contributed by atoms with Crippen molar-refractivity contribution in [2.45, 2.75) is 19.4 Å². The number of ether oxygens (including phenoxy) is 1. The summed E-state index contributed by atoms with van der Waals surface area (Å²) >= 11 is 0. The van der Waals surface area contributed by atoms with Gasteiger partial charge in [-0.3, -0.25) is 0 Å². The van der Waals surface area contributed by atoms with E-state index in [2.05, 4.69) is 33.1 Å². The lowest BCUT2D eigenvalue weighted by Crippen LogP contribution is -2.13. The molecule has 1 fully saturated rings. The maximum Gasteiger partial charge on any atom is 0.213 e. The van der Waals surface area contributed by atoms with Gasteiger partial charge in [0.15, 0.2) is 0 Å². The van der Waals surface area contributed by atoms with Gasteiger partial charge in [-0.1, -0.05) is 30.3 Å². The SMILES string of the molecule is CCOc1ccc(-c2c(-c3ccccc3)ncn2[C@@H]2CCNC2)cn1. The first-order chi connectivity index (χ1) is 12.4. The van der Waals surface area contributed by atoms with Crippen LogP contribution in [-0.4, -0.2) is 34.2 Å². The zero-order chi connectivity index (χ0) is 17.1. The van der Waals surface area contributed by atoms with Crippen LogP contribution in [0.3, 0.4) is 0 Å². The van der Waals surface area contributed by atoms with Crippen molar-refractivity contribution in [2.24, 2.45) is 0 Å². The Kier molecular flexibility index (Phi) is 4.48. The molecule has 25 heavy (non-hydrogen) atoms. The summed E-state index contributed by atoms with van der Waals surface area (Å²) in [7, 11) is 0. The van der Waals surface area contributed by atoms with Crippen molar-refractivity contribution in [1.82, 2.24) is 19.9 Å². The Labute approximate surface area is 147 Å². The quantitative estimate of drug-likeness (QED) is 0.775. The van der Waals surface area contributed by atoms with E-state index in [0.717, 1.165) is 42.0 Å². The molecule has 4 rings (SSSR count). The minimum atomic E-state index is 0.423. The molecule has 5 heteroatoms. The first-order valence-corrected chi connectivity index (χ1v) is 8.79. The Balaban J connectivity index is 1.81. The van der Waals surface area contributed by atoms with Crippen molar-refractivity contribution >= 4 is 0 Å². The largest absolute Gasteiger partial charge is 0.478 e.